The minimum atomic E-state index is -0.646. The lowest BCUT2D eigenvalue weighted by atomic mass is 10.0. The fourth-order valence-corrected chi connectivity index (χ4v) is 3.76. The molecule has 0 fully saturated rings. The molecule has 0 saturated carbocycles. The van der Waals surface area contributed by atoms with Crippen molar-refractivity contribution in [3.63, 3.8) is 0 Å². The second kappa shape index (κ2) is 11.7. The van der Waals surface area contributed by atoms with Crippen molar-refractivity contribution < 1.29 is 9.59 Å². The van der Waals surface area contributed by atoms with Crippen LogP contribution in [-0.2, 0) is 29.0 Å². The highest BCUT2D eigenvalue weighted by Gasteiger charge is 2.30. The Morgan fingerprint density at radius 1 is 0.812 bits per heavy atom. The monoisotopic (exact) mass is 468 g/mol. The van der Waals surface area contributed by atoms with Gasteiger partial charge in [-0.1, -0.05) is 77.8 Å². The normalized spacial score (nSPS) is 11.6. The van der Waals surface area contributed by atoms with Gasteiger partial charge in [0.25, 0.3) is 0 Å². The smallest absolute Gasteiger partial charge is 0.243 e. The van der Waals surface area contributed by atoms with Gasteiger partial charge in [-0.2, -0.15) is 0 Å². The van der Waals surface area contributed by atoms with Gasteiger partial charge in [0.2, 0.25) is 11.8 Å². The Morgan fingerprint density at radius 3 is 1.94 bits per heavy atom. The van der Waals surface area contributed by atoms with Crippen molar-refractivity contribution >= 4 is 35.0 Å². The van der Waals surface area contributed by atoms with Gasteiger partial charge in [0, 0.05) is 29.6 Å². The van der Waals surface area contributed by atoms with Crippen LogP contribution in [0.25, 0.3) is 0 Å². The van der Waals surface area contributed by atoms with E-state index in [1.54, 1.807) is 29.2 Å². The molecule has 1 unspecified atom stereocenters. The Kier molecular flexibility index (Phi) is 8.72. The van der Waals surface area contributed by atoms with Crippen LogP contribution in [-0.4, -0.2) is 29.3 Å². The van der Waals surface area contributed by atoms with Crippen molar-refractivity contribution in [1.29, 1.82) is 0 Å². The summed E-state index contributed by atoms with van der Waals surface area (Å²) in [5.41, 5.74) is 2.74. The average Bonchev–Trinajstić information content (AvgIpc) is 2.79. The molecule has 0 aliphatic rings. The molecule has 32 heavy (non-hydrogen) atoms. The van der Waals surface area contributed by atoms with Crippen LogP contribution in [0.1, 0.15) is 23.6 Å². The molecule has 0 aliphatic heterocycles. The number of amides is 2. The first-order valence-corrected chi connectivity index (χ1v) is 11.3. The molecule has 1 N–H and O–H groups in total. The van der Waals surface area contributed by atoms with Crippen LogP contribution in [0.5, 0.6) is 0 Å². The molecule has 0 heterocycles. The first kappa shape index (κ1) is 23.8. The molecule has 6 heteroatoms. The molecule has 0 spiro atoms. The fraction of sp³-hybridized carbons (Fsp3) is 0.231. The zero-order valence-corrected chi connectivity index (χ0v) is 19.4. The van der Waals surface area contributed by atoms with E-state index in [0.717, 1.165) is 16.7 Å². The lowest BCUT2D eigenvalue weighted by molar-refractivity contribution is -0.140. The molecule has 0 aliphatic carbocycles. The molecule has 3 aromatic rings. The summed E-state index contributed by atoms with van der Waals surface area (Å²) in [5.74, 6) is -0.302. The van der Waals surface area contributed by atoms with E-state index in [1.807, 2.05) is 61.5 Å². The molecule has 4 nitrogen and oxygen atoms in total. The lowest BCUT2D eigenvalue weighted by Gasteiger charge is -2.31. The second-order valence-corrected chi connectivity index (χ2v) is 8.42. The first-order valence-electron chi connectivity index (χ1n) is 10.6. The third kappa shape index (κ3) is 6.84. The maximum atomic E-state index is 13.5. The molecule has 0 radical (unpaired) electrons. The van der Waals surface area contributed by atoms with Crippen LogP contribution >= 0.6 is 23.2 Å². The molecular weight excluding hydrogens is 443 g/mol. The summed E-state index contributed by atoms with van der Waals surface area (Å²) in [5, 5.41) is 4.13. The number of halogens is 2. The van der Waals surface area contributed by atoms with Gasteiger partial charge in [-0.3, -0.25) is 9.59 Å². The van der Waals surface area contributed by atoms with Crippen LogP contribution in [0, 0.1) is 0 Å². The van der Waals surface area contributed by atoms with Crippen molar-refractivity contribution in [3.05, 3.63) is 106 Å². The van der Waals surface area contributed by atoms with Crippen LogP contribution in [0.15, 0.2) is 78.9 Å². The Bertz CT molecular complexity index is 1020. The Hall–Kier alpha value is -2.82. The van der Waals surface area contributed by atoms with Crippen LogP contribution in [0.4, 0.5) is 0 Å². The van der Waals surface area contributed by atoms with Gasteiger partial charge in [-0.25, -0.2) is 0 Å². The van der Waals surface area contributed by atoms with Crippen molar-refractivity contribution in [2.45, 2.75) is 32.4 Å². The number of nitrogens with one attached hydrogen (secondary N) is 1. The van der Waals surface area contributed by atoms with E-state index in [0.29, 0.717) is 29.6 Å². The lowest BCUT2D eigenvalue weighted by Crippen LogP contribution is -2.50. The Morgan fingerprint density at radius 2 is 1.38 bits per heavy atom. The topological polar surface area (TPSA) is 49.4 Å². The maximum Gasteiger partial charge on any atom is 0.243 e. The first-order chi connectivity index (χ1) is 15.5. The van der Waals surface area contributed by atoms with E-state index in [9.17, 15) is 9.59 Å². The van der Waals surface area contributed by atoms with Crippen molar-refractivity contribution in [2.75, 3.05) is 6.54 Å². The summed E-state index contributed by atoms with van der Waals surface area (Å²) in [6, 6.07) is 23.6. The quantitative estimate of drug-likeness (QED) is 0.462. The van der Waals surface area contributed by atoms with Crippen molar-refractivity contribution in [2.24, 2.45) is 0 Å². The number of rotatable bonds is 9. The number of hydrogen-bond donors (Lipinski definition) is 1. The van der Waals surface area contributed by atoms with Gasteiger partial charge >= 0.3 is 0 Å². The van der Waals surface area contributed by atoms with Gasteiger partial charge in [0.1, 0.15) is 6.04 Å². The maximum absolute atomic E-state index is 13.5. The third-order valence-corrected chi connectivity index (χ3v) is 5.66. The summed E-state index contributed by atoms with van der Waals surface area (Å²) in [6.07, 6.45) is 0.599. The minimum absolute atomic E-state index is 0.130. The second-order valence-electron chi connectivity index (χ2n) is 7.55. The van der Waals surface area contributed by atoms with Crippen LogP contribution in [0.2, 0.25) is 10.0 Å². The van der Waals surface area contributed by atoms with Crippen molar-refractivity contribution in [3.8, 4) is 0 Å². The van der Waals surface area contributed by atoms with E-state index in [4.69, 9.17) is 23.2 Å². The predicted octanol–water partition coefficient (Wildman–Crippen LogP) is 5.31. The number of nitrogens with zero attached hydrogens (tertiary/aromatic N) is 1. The number of benzene rings is 3. The Balaban J connectivity index is 1.93. The van der Waals surface area contributed by atoms with Gasteiger partial charge in [0.15, 0.2) is 0 Å². The van der Waals surface area contributed by atoms with Gasteiger partial charge in [0.05, 0.1) is 6.42 Å². The van der Waals surface area contributed by atoms with E-state index >= 15 is 0 Å². The van der Waals surface area contributed by atoms with Crippen LogP contribution < -0.4 is 5.32 Å². The highest BCUT2D eigenvalue weighted by molar-refractivity contribution is 6.30. The van der Waals surface area contributed by atoms with E-state index in [1.165, 1.54) is 0 Å². The largest absolute Gasteiger partial charge is 0.355 e. The summed E-state index contributed by atoms with van der Waals surface area (Å²) >= 11 is 12.0. The zero-order chi connectivity index (χ0) is 22.9. The molecule has 2 amide bonds. The molecule has 3 aromatic carbocycles. The number of hydrogen-bond acceptors (Lipinski definition) is 2. The standard InChI is InChI=1S/C26H26Cl2N2O2/c1-2-29-26(32)24(16-19-6-4-3-5-7-19)30(18-21-10-14-23(28)15-11-21)25(31)17-20-8-12-22(27)13-9-20/h3-15,24H,2,16-18H2,1H3,(H,29,32). The summed E-state index contributed by atoms with van der Waals surface area (Å²) in [4.78, 5) is 28.3. The number of likely N-dealkylation sites (N-methyl/N-ethyl adjacent to an activating group) is 1. The SMILES string of the molecule is CCNC(=O)C(Cc1ccccc1)N(Cc1ccc(Cl)cc1)C(=O)Cc1ccc(Cl)cc1. The fourth-order valence-electron chi connectivity index (χ4n) is 3.51. The minimum Gasteiger partial charge on any atom is -0.355 e. The average molecular weight is 469 g/mol. The Labute approximate surface area is 199 Å². The van der Waals surface area contributed by atoms with Gasteiger partial charge < -0.3 is 10.2 Å². The summed E-state index contributed by atoms with van der Waals surface area (Å²) < 4.78 is 0. The molecule has 1 atom stereocenters. The number of carbonyl (C=O) groups is 2. The molecule has 166 valence electrons. The predicted molar refractivity (Wildman–Crippen MR) is 130 cm³/mol. The molecule has 3 rings (SSSR count). The molecule has 0 bridgehead atoms. The molecule has 0 aromatic heterocycles. The van der Waals surface area contributed by atoms with Gasteiger partial charge in [-0.05, 0) is 47.9 Å². The number of carbonyl (C=O) groups excluding carboxylic acids is 2. The molecular formula is C26H26Cl2N2O2. The zero-order valence-electron chi connectivity index (χ0n) is 17.9. The third-order valence-electron chi connectivity index (χ3n) is 5.16. The van der Waals surface area contributed by atoms with Crippen LogP contribution in [0.3, 0.4) is 0 Å². The van der Waals surface area contributed by atoms with Crippen molar-refractivity contribution in [1.82, 2.24) is 10.2 Å². The van der Waals surface area contributed by atoms with E-state index < -0.39 is 6.04 Å². The van der Waals surface area contributed by atoms with E-state index in [2.05, 4.69) is 5.32 Å². The molecule has 0 saturated heterocycles. The highest BCUT2D eigenvalue weighted by atomic mass is 35.5. The van der Waals surface area contributed by atoms with E-state index in [-0.39, 0.29) is 18.2 Å². The van der Waals surface area contributed by atoms with Gasteiger partial charge in [-0.15, -0.1) is 0 Å². The summed E-state index contributed by atoms with van der Waals surface area (Å²) in [7, 11) is 0. The highest BCUT2D eigenvalue weighted by Crippen LogP contribution is 2.19. The summed E-state index contributed by atoms with van der Waals surface area (Å²) in [6.45, 7) is 2.67.